The number of halogens is 2. The molecule has 0 saturated heterocycles. The molecule has 106 valence electrons. The lowest BCUT2D eigenvalue weighted by atomic mass is 10.1. The maximum Gasteiger partial charge on any atom is 0.185 e. The van der Waals surface area contributed by atoms with Crippen LogP contribution in [0, 0.1) is 23.0 Å². The van der Waals surface area contributed by atoms with Gasteiger partial charge in [-0.3, -0.25) is 4.79 Å². The van der Waals surface area contributed by atoms with Gasteiger partial charge in [-0.15, -0.1) is 0 Å². The first-order valence-electron chi connectivity index (χ1n) is 6.21. The molecule has 0 saturated carbocycles. The van der Waals surface area contributed by atoms with Crippen LogP contribution in [-0.2, 0) is 0 Å². The second kappa shape index (κ2) is 6.14. The number of nitriles is 1. The number of hydrogen-bond donors (Lipinski definition) is 0. The summed E-state index contributed by atoms with van der Waals surface area (Å²) in [5, 5.41) is 8.72. The normalized spacial score (nSPS) is 10.0. The van der Waals surface area contributed by atoms with Crippen LogP contribution in [0.25, 0.3) is 0 Å². The van der Waals surface area contributed by atoms with E-state index in [4.69, 9.17) is 5.26 Å². The first-order chi connectivity index (χ1) is 10.0. The van der Waals surface area contributed by atoms with E-state index in [1.165, 1.54) is 0 Å². The third-order valence-corrected chi connectivity index (χ3v) is 3.05. The van der Waals surface area contributed by atoms with Crippen LogP contribution >= 0.6 is 0 Å². The van der Waals surface area contributed by atoms with Crippen LogP contribution in [0.15, 0.2) is 42.5 Å². The summed E-state index contributed by atoms with van der Waals surface area (Å²) in [6.07, 6.45) is 0. The second-order valence-corrected chi connectivity index (χ2v) is 4.56. The zero-order valence-electron chi connectivity index (χ0n) is 11.3. The molecule has 5 heteroatoms. The van der Waals surface area contributed by atoms with Gasteiger partial charge in [0.25, 0.3) is 0 Å². The van der Waals surface area contributed by atoms with Gasteiger partial charge in [-0.25, -0.2) is 8.78 Å². The molecule has 0 aliphatic heterocycles. The second-order valence-electron chi connectivity index (χ2n) is 4.56. The molecule has 0 unspecified atom stereocenters. The van der Waals surface area contributed by atoms with Crippen molar-refractivity contribution < 1.29 is 13.6 Å². The Labute approximate surface area is 121 Å². The molecule has 0 aromatic heterocycles. The number of hydrogen-bond acceptors (Lipinski definition) is 3. The Bertz CT molecular complexity index is 705. The van der Waals surface area contributed by atoms with Gasteiger partial charge in [0.2, 0.25) is 0 Å². The molecule has 21 heavy (non-hydrogen) atoms. The minimum atomic E-state index is -0.867. The molecule has 0 atom stereocenters. The van der Waals surface area contributed by atoms with Crippen LogP contribution in [0.4, 0.5) is 14.5 Å². The Hall–Kier alpha value is -2.74. The number of carbonyl (C=O) groups excluding carboxylic acids is 1. The monoisotopic (exact) mass is 286 g/mol. The first kappa shape index (κ1) is 14.7. The third-order valence-electron chi connectivity index (χ3n) is 3.05. The Kier molecular flexibility index (Phi) is 4.29. The van der Waals surface area contributed by atoms with Crippen molar-refractivity contribution in [2.75, 3.05) is 18.5 Å². The minimum Gasteiger partial charge on any atom is -0.367 e. The van der Waals surface area contributed by atoms with Gasteiger partial charge < -0.3 is 4.90 Å². The molecule has 3 nitrogen and oxygen atoms in total. The fraction of sp³-hybridized carbons (Fsp3) is 0.125. The van der Waals surface area contributed by atoms with E-state index < -0.39 is 17.4 Å². The molecule has 0 amide bonds. The van der Waals surface area contributed by atoms with Gasteiger partial charge >= 0.3 is 0 Å². The van der Waals surface area contributed by atoms with Gasteiger partial charge in [0.1, 0.15) is 11.6 Å². The smallest absolute Gasteiger partial charge is 0.185 e. The Morgan fingerprint density at radius 3 is 2.43 bits per heavy atom. The average molecular weight is 286 g/mol. The number of rotatable bonds is 4. The number of anilines is 1. The van der Waals surface area contributed by atoms with Crippen molar-refractivity contribution >= 4 is 11.5 Å². The third kappa shape index (κ3) is 3.42. The predicted octanol–water partition coefficient (Wildman–Crippen LogP) is 3.16. The fourth-order valence-electron chi connectivity index (χ4n) is 1.90. The predicted molar refractivity (Wildman–Crippen MR) is 75.1 cm³/mol. The summed E-state index contributed by atoms with van der Waals surface area (Å²) in [6.45, 7) is -0.0472. The van der Waals surface area contributed by atoms with Crippen molar-refractivity contribution in [2.45, 2.75) is 0 Å². The lowest BCUT2D eigenvalue weighted by molar-refractivity contribution is 0.0996. The lowest BCUT2D eigenvalue weighted by Gasteiger charge is -2.18. The summed E-state index contributed by atoms with van der Waals surface area (Å²) < 4.78 is 26.4. The van der Waals surface area contributed by atoms with E-state index in [0.29, 0.717) is 11.6 Å². The molecular formula is C16H12F2N2O. The molecule has 0 bridgehead atoms. The molecule has 0 aliphatic rings. The van der Waals surface area contributed by atoms with Crippen LogP contribution in [-0.4, -0.2) is 19.4 Å². The number of Topliss-reactive ketones (excluding diaryl/α,β-unsaturated/α-hetero) is 1. The molecule has 0 aliphatic carbocycles. The Balaban J connectivity index is 2.13. The fourth-order valence-corrected chi connectivity index (χ4v) is 1.90. The highest BCUT2D eigenvalue weighted by Crippen LogP contribution is 2.16. The van der Waals surface area contributed by atoms with Gasteiger partial charge in [-0.05, 0) is 36.4 Å². The van der Waals surface area contributed by atoms with Crippen molar-refractivity contribution in [2.24, 2.45) is 0 Å². The quantitative estimate of drug-likeness (QED) is 0.811. The maximum atomic E-state index is 13.5. The van der Waals surface area contributed by atoms with E-state index in [9.17, 15) is 13.6 Å². The largest absolute Gasteiger partial charge is 0.367 e. The van der Waals surface area contributed by atoms with Crippen molar-refractivity contribution in [3.63, 3.8) is 0 Å². The van der Waals surface area contributed by atoms with E-state index in [-0.39, 0.29) is 12.1 Å². The summed E-state index contributed by atoms with van der Waals surface area (Å²) in [6, 6.07) is 11.6. The first-order valence-corrected chi connectivity index (χ1v) is 6.21. The van der Waals surface area contributed by atoms with Crippen molar-refractivity contribution in [3.8, 4) is 6.07 Å². The van der Waals surface area contributed by atoms with E-state index in [2.05, 4.69) is 0 Å². The number of ketones is 1. The Morgan fingerprint density at radius 2 is 1.86 bits per heavy atom. The number of nitrogens with zero attached hydrogens (tertiary/aromatic N) is 2. The summed E-state index contributed by atoms with van der Waals surface area (Å²) in [7, 11) is 1.68. The SMILES string of the molecule is CN(CC(=O)c1ccc(F)cc1F)c1ccc(C#N)cc1. The lowest BCUT2D eigenvalue weighted by Crippen LogP contribution is -2.26. The Morgan fingerprint density at radius 1 is 1.19 bits per heavy atom. The van der Waals surface area contributed by atoms with Gasteiger partial charge in [0.05, 0.1) is 23.7 Å². The number of benzene rings is 2. The summed E-state index contributed by atoms with van der Waals surface area (Å²) in [4.78, 5) is 13.7. The summed E-state index contributed by atoms with van der Waals surface area (Å²) in [5.41, 5.74) is 1.10. The standard InChI is InChI=1S/C16H12F2N2O/c1-20(13-5-2-11(9-19)3-6-13)10-16(21)14-7-4-12(17)8-15(14)18/h2-8H,10H2,1H3. The van der Waals surface area contributed by atoms with Crippen molar-refractivity contribution in [1.82, 2.24) is 0 Å². The maximum absolute atomic E-state index is 13.5. The van der Waals surface area contributed by atoms with Crippen LogP contribution in [0.1, 0.15) is 15.9 Å². The molecule has 0 radical (unpaired) electrons. The van der Waals surface area contributed by atoms with E-state index >= 15 is 0 Å². The summed E-state index contributed by atoms with van der Waals surface area (Å²) in [5.74, 6) is -2.03. The zero-order valence-corrected chi connectivity index (χ0v) is 11.3. The highest BCUT2D eigenvalue weighted by molar-refractivity contribution is 5.99. The molecule has 2 rings (SSSR count). The average Bonchev–Trinajstić information content (AvgIpc) is 2.47. The molecule has 0 heterocycles. The molecule has 2 aromatic carbocycles. The molecule has 0 fully saturated rings. The topological polar surface area (TPSA) is 44.1 Å². The number of likely N-dealkylation sites (N-methyl/N-ethyl adjacent to an activating group) is 1. The van der Waals surface area contributed by atoms with E-state index in [1.807, 2.05) is 6.07 Å². The van der Waals surface area contributed by atoms with Crippen LogP contribution in [0.5, 0.6) is 0 Å². The summed E-state index contributed by atoms with van der Waals surface area (Å²) >= 11 is 0. The van der Waals surface area contributed by atoms with Gasteiger partial charge in [-0.2, -0.15) is 5.26 Å². The van der Waals surface area contributed by atoms with Crippen LogP contribution in [0.2, 0.25) is 0 Å². The molecular weight excluding hydrogens is 274 g/mol. The van der Waals surface area contributed by atoms with E-state index in [0.717, 1.165) is 17.8 Å². The van der Waals surface area contributed by atoms with Crippen LogP contribution in [0.3, 0.4) is 0 Å². The van der Waals surface area contributed by atoms with Gasteiger partial charge in [0.15, 0.2) is 5.78 Å². The highest BCUT2D eigenvalue weighted by atomic mass is 19.1. The van der Waals surface area contributed by atoms with Crippen molar-refractivity contribution in [1.29, 1.82) is 5.26 Å². The van der Waals surface area contributed by atoms with Gasteiger partial charge in [-0.1, -0.05) is 0 Å². The van der Waals surface area contributed by atoms with Crippen molar-refractivity contribution in [3.05, 3.63) is 65.2 Å². The molecule has 0 spiro atoms. The number of carbonyl (C=O) groups is 1. The molecule has 0 N–H and O–H groups in total. The minimum absolute atomic E-state index is 0.0472. The highest BCUT2D eigenvalue weighted by Gasteiger charge is 2.15. The van der Waals surface area contributed by atoms with Crippen LogP contribution < -0.4 is 4.90 Å². The van der Waals surface area contributed by atoms with Gasteiger partial charge in [0, 0.05) is 18.8 Å². The van der Waals surface area contributed by atoms with E-state index in [1.54, 1.807) is 36.2 Å². The molecule has 2 aromatic rings. The zero-order chi connectivity index (χ0) is 15.4.